The van der Waals surface area contributed by atoms with Gasteiger partial charge in [-0.25, -0.2) is 4.98 Å². The molecule has 1 aromatic heterocycles. The fourth-order valence-electron chi connectivity index (χ4n) is 4.23. The van der Waals surface area contributed by atoms with E-state index in [1.54, 1.807) is 0 Å². The van der Waals surface area contributed by atoms with Crippen molar-refractivity contribution in [1.29, 1.82) is 0 Å². The first-order valence-corrected chi connectivity index (χ1v) is 9.90. The average Bonchev–Trinajstić information content (AvgIpc) is 3.16. The highest BCUT2D eigenvalue weighted by molar-refractivity contribution is 5.92. The largest absolute Gasteiger partial charge is 0.447 e. The number of nitrogens with zero attached hydrogens (tertiary/aromatic N) is 3. The van der Waals surface area contributed by atoms with E-state index in [0.717, 1.165) is 45.3 Å². The van der Waals surface area contributed by atoms with Crippen LogP contribution in [0.5, 0.6) is 0 Å². The van der Waals surface area contributed by atoms with Gasteiger partial charge in [-0.15, -0.1) is 0 Å². The summed E-state index contributed by atoms with van der Waals surface area (Å²) < 4.78 is 5.61. The summed E-state index contributed by atoms with van der Waals surface area (Å²) in [6.07, 6.45) is 6.20. The Morgan fingerprint density at radius 3 is 2.93 bits per heavy atom. The fourth-order valence-corrected chi connectivity index (χ4v) is 4.23. The maximum atomic E-state index is 12.9. The SMILES string of the molecule is O=C(c1coc(CN2CCc3ccccc3C2)n1)N1CCCCC1CCO. The van der Waals surface area contributed by atoms with Crippen LogP contribution in [0, 0.1) is 0 Å². The highest BCUT2D eigenvalue weighted by atomic mass is 16.3. The number of aliphatic hydroxyl groups excluding tert-OH is 1. The molecule has 1 atom stereocenters. The van der Waals surface area contributed by atoms with E-state index in [0.29, 0.717) is 24.6 Å². The summed E-state index contributed by atoms with van der Waals surface area (Å²) in [7, 11) is 0. The Morgan fingerprint density at radius 2 is 2.07 bits per heavy atom. The monoisotopic (exact) mass is 369 g/mol. The van der Waals surface area contributed by atoms with Crippen molar-refractivity contribution in [1.82, 2.24) is 14.8 Å². The smallest absolute Gasteiger partial charge is 0.276 e. The summed E-state index contributed by atoms with van der Waals surface area (Å²) in [5, 5.41) is 9.27. The molecule has 0 bridgehead atoms. The molecule has 0 saturated carbocycles. The molecule has 2 aliphatic heterocycles. The van der Waals surface area contributed by atoms with Gasteiger partial charge in [-0.3, -0.25) is 9.69 Å². The Morgan fingerprint density at radius 1 is 1.22 bits per heavy atom. The van der Waals surface area contributed by atoms with Crippen LogP contribution in [-0.2, 0) is 19.5 Å². The van der Waals surface area contributed by atoms with Crippen molar-refractivity contribution in [2.75, 3.05) is 19.7 Å². The van der Waals surface area contributed by atoms with E-state index in [1.165, 1.54) is 17.4 Å². The molecule has 0 aliphatic carbocycles. The number of likely N-dealkylation sites (tertiary alicyclic amines) is 1. The standard InChI is InChI=1S/C21H27N3O3/c25-12-9-18-7-3-4-10-24(18)21(26)19-15-27-20(22-19)14-23-11-8-16-5-1-2-6-17(16)13-23/h1-2,5-6,15,18,25H,3-4,7-14H2. The van der Waals surface area contributed by atoms with Crippen LogP contribution >= 0.6 is 0 Å². The normalized spacial score (nSPS) is 20.5. The van der Waals surface area contributed by atoms with E-state index in [2.05, 4.69) is 34.1 Å². The van der Waals surface area contributed by atoms with Crippen molar-refractivity contribution < 1.29 is 14.3 Å². The number of rotatable bonds is 5. The lowest BCUT2D eigenvalue weighted by atomic mass is 9.99. The van der Waals surface area contributed by atoms with E-state index < -0.39 is 0 Å². The predicted octanol–water partition coefficient (Wildman–Crippen LogP) is 2.61. The second-order valence-corrected chi connectivity index (χ2v) is 7.52. The molecule has 1 unspecified atom stereocenters. The zero-order chi connectivity index (χ0) is 18.6. The van der Waals surface area contributed by atoms with Crippen LogP contribution in [-0.4, -0.2) is 51.5 Å². The number of piperidine rings is 1. The van der Waals surface area contributed by atoms with Gasteiger partial charge in [0.15, 0.2) is 5.69 Å². The summed E-state index contributed by atoms with van der Waals surface area (Å²) in [5.41, 5.74) is 3.15. The van der Waals surface area contributed by atoms with Gasteiger partial charge in [-0.1, -0.05) is 24.3 Å². The first-order chi connectivity index (χ1) is 13.2. The van der Waals surface area contributed by atoms with Crippen LogP contribution in [0.15, 0.2) is 34.9 Å². The molecule has 2 aliphatic rings. The van der Waals surface area contributed by atoms with Crippen molar-refractivity contribution in [3.8, 4) is 0 Å². The lowest BCUT2D eigenvalue weighted by molar-refractivity contribution is 0.0568. The van der Waals surface area contributed by atoms with Gasteiger partial charge in [-0.2, -0.15) is 0 Å². The molecule has 1 fully saturated rings. The zero-order valence-electron chi connectivity index (χ0n) is 15.6. The second-order valence-electron chi connectivity index (χ2n) is 7.52. The number of amides is 1. The molecule has 2 aromatic rings. The van der Waals surface area contributed by atoms with E-state index in [-0.39, 0.29) is 18.6 Å². The van der Waals surface area contributed by atoms with E-state index >= 15 is 0 Å². The lowest BCUT2D eigenvalue weighted by Gasteiger charge is -2.35. The number of oxazole rings is 1. The van der Waals surface area contributed by atoms with Crippen LogP contribution in [0.3, 0.4) is 0 Å². The van der Waals surface area contributed by atoms with Gasteiger partial charge in [0.05, 0.1) is 6.54 Å². The van der Waals surface area contributed by atoms with Crippen molar-refractivity contribution in [3.05, 3.63) is 53.2 Å². The van der Waals surface area contributed by atoms with Crippen molar-refractivity contribution in [2.45, 2.75) is 51.2 Å². The van der Waals surface area contributed by atoms with Gasteiger partial charge in [0.1, 0.15) is 6.26 Å². The van der Waals surface area contributed by atoms with Crippen molar-refractivity contribution >= 4 is 5.91 Å². The Labute approximate surface area is 159 Å². The highest BCUT2D eigenvalue weighted by Crippen LogP contribution is 2.23. The maximum absolute atomic E-state index is 12.9. The molecule has 6 nitrogen and oxygen atoms in total. The average molecular weight is 369 g/mol. The molecule has 6 heteroatoms. The minimum absolute atomic E-state index is 0.0767. The Hall–Kier alpha value is -2.18. The van der Waals surface area contributed by atoms with Crippen LogP contribution in [0.1, 0.15) is 53.2 Å². The maximum Gasteiger partial charge on any atom is 0.276 e. The van der Waals surface area contributed by atoms with Crippen LogP contribution < -0.4 is 0 Å². The molecule has 0 radical (unpaired) electrons. The van der Waals surface area contributed by atoms with Crippen LogP contribution in [0.2, 0.25) is 0 Å². The van der Waals surface area contributed by atoms with Crippen LogP contribution in [0.25, 0.3) is 0 Å². The van der Waals surface area contributed by atoms with Gasteiger partial charge < -0.3 is 14.4 Å². The number of carbonyl (C=O) groups excluding carboxylic acids is 1. The topological polar surface area (TPSA) is 69.8 Å². The number of aromatic nitrogens is 1. The molecule has 144 valence electrons. The molecular formula is C21H27N3O3. The lowest BCUT2D eigenvalue weighted by Crippen LogP contribution is -2.44. The van der Waals surface area contributed by atoms with Crippen molar-refractivity contribution in [3.63, 3.8) is 0 Å². The van der Waals surface area contributed by atoms with E-state index in [9.17, 15) is 9.90 Å². The molecule has 27 heavy (non-hydrogen) atoms. The zero-order valence-corrected chi connectivity index (χ0v) is 15.6. The molecule has 4 rings (SSSR count). The summed E-state index contributed by atoms with van der Waals surface area (Å²) in [6, 6.07) is 8.63. The minimum atomic E-state index is -0.0767. The number of hydrogen-bond donors (Lipinski definition) is 1. The third-order valence-corrected chi connectivity index (χ3v) is 5.69. The number of fused-ring (bicyclic) bond motifs is 1. The Bertz CT molecular complexity index is 786. The molecule has 1 saturated heterocycles. The molecular weight excluding hydrogens is 342 g/mol. The minimum Gasteiger partial charge on any atom is -0.447 e. The first kappa shape index (κ1) is 18.2. The Kier molecular flexibility index (Phi) is 5.55. The summed E-state index contributed by atoms with van der Waals surface area (Å²) in [6.45, 7) is 3.30. The number of carbonyl (C=O) groups is 1. The number of aliphatic hydroxyl groups is 1. The Balaban J connectivity index is 1.40. The molecule has 1 aromatic carbocycles. The quantitative estimate of drug-likeness (QED) is 0.877. The van der Waals surface area contributed by atoms with Crippen molar-refractivity contribution in [2.24, 2.45) is 0 Å². The van der Waals surface area contributed by atoms with E-state index in [1.807, 2.05) is 4.90 Å². The predicted molar refractivity (Wildman–Crippen MR) is 101 cm³/mol. The number of hydrogen-bond acceptors (Lipinski definition) is 5. The van der Waals surface area contributed by atoms with Gasteiger partial charge in [0.25, 0.3) is 5.91 Å². The second kappa shape index (κ2) is 8.23. The van der Waals surface area contributed by atoms with Gasteiger partial charge >= 0.3 is 0 Å². The molecule has 1 N–H and O–H groups in total. The van der Waals surface area contributed by atoms with Gasteiger partial charge in [-0.05, 0) is 43.2 Å². The summed E-state index contributed by atoms with van der Waals surface area (Å²) in [4.78, 5) is 21.5. The van der Waals surface area contributed by atoms with Crippen LogP contribution in [0.4, 0.5) is 0 Å². The highest BCUT2D eigenvalue weighted by Gasteiger charge is 2.29. The number of benzene rings is 1. The summed E-state index contributed by atoms with van der Waals surface area (Å²) in [5.74, 6) is 0.514. The molecule has 1 amide bonds. The third kappa shape index (κ3) is 4.06. The fraction of sp³-hybridized carbons (Fsp3) is 0.524. The molecule has 3 heterocycles. The van der Waals surface area contributed by atoms with Gasteiger partial charge in [0, 0.05) is 32.3 Å². The molecule has 0 spiro atoms. The first-order valence-electron chi connectivity index (χ1n) is 9.90. The third-order valence-electron chi connectivity index (χ3n) is 5.69. The summed E-state index contributed by atoms with van der Waals surface area (Å²) >= 11 is 0. The van der Waals surface area contributed by atoms with Gasteiger partial charge in [0.2, 0.25) is 5.89 Å². The van der Waals surface area contributed by atoms with E-state index in [4.69, 9.17) is 4.42 Å².